The van der Waals surface area contributed by atoms with E-state index in [9.17, 15) is 52.7 Å². The second-order valence-electron chi connectivity index (χ2n) is 9.71. The van der Waals surface area contributed by atoms with Gasteiger partial charge < -0.3 is 0 Å². The molecule has 1 nitrogen and oxygen atoms in total. The SMILES string of the molecule is CO[S+](C)C.Fc1c(F)c(F)c([B-](c2c(F)c(F)c(F)c(F)c2F)(c2c(F)c(F)c(F)c(F)c2F)c2c(F)c(F)c(F)c(F)c2F)c(F)c1F. The van der Waals surface area contributed by atoms with E-state index in [0.717, 1.165) is 0 Å². The summed E-state index contributed by atoms with van der Waals surface area (Å²) in [6.07, 6.45) is -3.16. The van der Waals surface area contributed by atoms with E-state index in [1.807, 2.05) is 12.5 Å². The van der Waals surface area contributed by atoms with Gasteiger partial charge in [0.25, 0.3) is 0 Å². The van der Waals surface area contributed by atoms with E-state index in [1.54, 1.807) is 7.11 Å². The third-order valence-corrected chi connectivity index (χ3v) is 7.71. The Labute approximate surface area is 267 Å². The van der Waals surface area contributed by atoms with Crippen molar-refractivity contribution < 1.29 is 92.0 Å². The fourth-order valence-electron chi connectivity index (χ4n) is 4.87. The van der Waals surface area contributed by atoms with Crippen molar-refractivity contribution in [3.8, 4) is 0 Å². The van der Waals surface area contributed by atoms with E-state index < -0.39 is 144 Å². The average molecular weight is 772 g/mol. The predicted molar refractivity (Wildman–Crippen MR) is 135 cm³/mol. The summed E-state index contributed by atoms with van der Waals surface area (Å²) in [5.41, 5.74) is -14.3. The Morgan fingerprint density at radius 1 is 0.280 bits per heavy atom. The average Bonchev–Trinajstić information content (AvgIpc) is 3.08. The first kappa shape index (κ1) is 40.3. The van der Waals surface area contributed by atoms with Gasteiger partial charge in [-0.2, -0.15) is 4.18 Å². The van der Waals surface area contributed by atoms with Crippen molar-refractivity contribution >= 4 is 39.2 Å². The lowest BCUT2D eigenvalue weighted by Crippen LogP contribution is -2.81. The topological polar surface area (TPSA) is 9.23 Å². The minimum atomic E-state index is -7.22. The number of benzene rings is 4. The largest absolute Gasteiger partial charge is 0.207 e. The van der Waals surface area contributed by atoms with Gasteiger partial charge in [-0.25, -0.2) is 87.8 Å². The highest BCUT2D eigenvalue weighted by molar-refractivity contribution is 7.90. The molecule has 0 amide bonds. The van der Waals surface area contributed by atoms with Gasteiger partial charge in [0.05, 0.1) is 7.11 Å². The van der Waals surface area contributed by atoms with Crippen molar-refractivity contribution in [2.45, 2.75) is 0 Å². The van der Waals surface area contributed by atoms with Crippen molar-refractivity contribution in [1.29, 1.82) is 0 Å². The third kappa shape index (κ3) is 5.80. The summed E-state index contributed by atoms with van der Waals surface area (Å²) in [6, 6.07) is 0. The van der Waals surface area contributed by atoms with Gasteiger partial charge in [-0.05, 0) is 0 Å². The zero-order valence-electron chi connectivity index (χ0n) is 24.0. The van der Waals surface area contributed by atoms with Crippen molar-refractivity contribution in [1.82, 2.24) is 0 Å². The maximum Gasteiger partial charge on any atom is 0.200 e. The first-order chi connectivity index (χ1) is 23.0. The van der Waals surface area contributed by atoms with Gasteiger partial charge in [0.2, 0.25) is 0 Å². The molecule has 0 saturated heterocycles. The lowest BCUT2D eigenvalue weighted by molar-refractivity contribution is 0.378. The molecule has 272 valence electrons. The molecule has 0 fully saturated rings. The first-order valence-electron chi connectivity index (χ1n) is 12.3. The van der Waals surface area contributed by atoms with Crippen LogP contribution in [0.2, 0.25) is 0 Å². The highest BCUT2D eigenvalue weighted by Crippen LogP contribution is 2.30. The summed E-state index contributed by atoms with van der Waals surface area (Å²) in [7, 11) is 1.71. The molecular formula is C27H9BF20OS. The molecule has 0 N–H and O–H groups in total. The number of halogens is 20. The van der Waals surface area contributed by atoms with E-state index in [2.05, 4.69) is 0 Å². The van der Waals surface area contributed by atoms with E-state index in [1.165, 1.54) is 0 Å². The van der Waals surface area contributed by atoms with Crippen LogP contribution in [0, 0.1) is 116 Å². The Kier molecular flexibility index (Phi) is 11.5. The molecule has 0 atom stereocenters. The van der Waals surface area contributed by atoms with Crippen LogP contribution in [0.25, 0.3) is 0 Å². The van der Waals surface area contributed by atoms with Crippen molar-refractivity contribution in [3.05, 3.63) is 116 Å². The molecule has 4 aromatic rings. The molecule has 23 heteroatoms. The Morgan fingerprint density at radius 3 is 0.480 bits per heavy atom. The van der Waals surface area contributed by atoms with Crippen LogP contribution in [0.5, 0.6) is 0 Å². The molecule has 50 heavy (non-hydrogen) atoms. The van der Waals surface area contributed by atoms with Gasteiger partial charge in [-0.15, -0.1) is 21.9 Å². The molecule has 0 spiro atoms. The van der Waals surface area contributed by atoms with E-state index >= 15 is 35.1 Å². The maximum atomic E-state index is 15.4. The molecule has 0 bridgehead atoms. The Hall–Kier alpha value is -4.15. The Morgan fingerprint density at radius 2 is 0.380 bits per heavy atom. The zero-order chi connectivity index (χ0) is 38.6. The van der Waals surface area contributed by atoms with Gasteiger partial charge >= 0.3 is 0 Å². The minimum absolute atomic E-state index is 0.177. The van der Waals surface area contributed by atoms with Crippen molar-refractivity contribution in [2.24, 2.45) is 0 Å². The molecular weight excluding hydrogens is 763 g/mol. The standard InChI is InChI=1S/C24BF20.C3H9OS/c26-5-1(6(27)14(35)21(42)13(5)34)25(2-7(28)15(36)22(43)16(37)8(2)29,3-9(30)17(38)23(44)18(39)10(3)31)4-11(32)19(40)24(45)20(41)12(4)33;1-4-5(2)3/h;1-3H3/q-1;+1. The molecule has 0 radical (unpaired) electrons. The summed E-state index contributed by atoms with van der Waals surface area (Å²) in [5.74, 6) is -71.4. The summed E-state index contributed by atoms with van der Waals surface area (Å²) in [5, 5.41) is 0. The monoisotopic (exact) mass is 772 g/mol. The summed E-state index contributed by atoms with van der Waals surface area (Å²) in [6.45, 7) is 0. The van der Waals surface area contributed by atoms with Gasteiger partial charge in [0, 0.05) is 0 Å². The molecule has 0 aromatic heterocycles. The van der Waals surface area contributed by atoms with Crippen molar-refractivity contribution in [2.75, 3.05) is 19.6 Å². The summed E-state index contributed by atoms with van der Waals surface area (Å²) in [4.78, 5) is 0. The highest BCUT2D eigenvalue weighted by Gasteiger charge is 2.52. The second kappa shape index (κ2) is 14.2. The molecule has 0 aliphatic heterocycles. The van der Waals surface area contributed by atoms with E-state index in [-0.39, 0.29) is 11.2 Å². The van der Waals surface area contributed by atoms with Crippen LogP contribution in [0.4, 0.5) is 87.8 Å². The molecule has 4 aromatic carbocycles. The van der Waals surface area contributed by atoms with Crippen LogP contribution in [0.3, 0.4) is 0 Å². The quantitative estimate of drug-likeness (QED) is 0.0765. The zero-order valence-corrected chi connectivity index (χ0v) is 24.8. The molecule has 0 heterocycles. The van der Waals surface area contributed by atoms with Gasteiger partial charge in [-0.1, -0.05) is 0 Å². The van der Waals surface area contributed by atoms with E-state index in [0.29, 0.717) is 0 Å². The molecule has 4 rings (SSSR count). The Balaban J connectivity index is 0.00000126. The summed E-state index contributed by atoms with van der Waals surface area (Å²) >= 11 is 0.177. The third-order valence-electron chi connectivity index (χ3n) is 7.04. The fraction of sp³-hybridized carbons (Fsp3) is 0.111. The molecule has 0 aliphatic carbocycles. The van der Waals surface area contributed by atoms with Crippen LogP contribution >= 0.6 is 0 Å². The van der Waals surface area contributed by atoms with Crippen LogP contribution in [-0.2, 0) is 15.4 Å². The Bertz CT molecular complexity index is 1650. The first-order valence-corrected chi connectivity index (χ1v) is 14.3. The van der Waals surface area contributed by atoms with Gasteiger partial charge in [0.1, 0.15) is 76.4 Å². The van der Waals surface area contributed by atoms with Crippen LogP contribution in [0.1, 0.15) is 0 Å². The number of hydrogen-bond acceptors (Lipinski definition) is 1. The predicted octanol–water partition coefficient (Wildman–Crippen LogP) is 6.27. The van der Waals surface area contributed by atoms with Crippen LogP contribution < -0.4 is 21.9 Å². The molecule has 0 unspecified atom stereocenters. The van der Waals surface area contributed by atoms with E-state index in [4.69, 9.17) is 4.18 Å². The maximum absolute atomic E-state index is 15.4. The second-order valence-corrected chi connectivity index (χ2v) is 11.5. The van der Waals surface area contributed by atoms with Crippen LogP contribution in [-0.4, -0.2) is 25.8 Å². The lowest BCUT2D eigenvalue weighted by Gasteiger charge is -2.44. The van der Waals surface area contributed by atoms with Crippen molar-refractivity contribution in [3.63, 3.8) is 0 Å². The fourth-order valence-corrected chi connectivity index (χ4v) is 4.87. The lowest BCUT2D eigenvalue weighted by atomic mass is 9.12. The number of hydrogen-bond donors (Lipinski definition) is 0. The van der Waals surface area contributed by atoms with Gasteiger partial charge in [-0.3, -0.25) is 0 Å². The van der Waals surface area contributed by atoms with Gasteiger partial charge in [0.15, 0.2) is 69.8 Å². The normalized spacial score (nSPS) is 11.8. The highest BCUT2D eigenvalue weighted by atomic mass is 32.2. The number of rotatable bonds is 5. The molecule has 0 aliphatic rings. The minimum Gasteiger partial charge on any atom is -0.207 e. The summed E-state index contributed by atoms with van der Waals surface area (Å²) < 4.78 is 299. The molecule has 0 saturated carbocycles. The smallest absolute Gasteiger partial charge is 0.200 e. The van der Waals surface area contributed by atoms with Crippen LogP contribution in [0.15, 0.2) is 0 Å².